The molecule has 3 aromatic rings. The Kier molecular flexibility index (Phi) is 5.83. The highest BCUT2D eigenvalue weighted by molar-refractivity contribution is 7.19. The number of aromatic amines is 1. The van der Waals surface area contributed by atoms with Crippen LogP contribution in [0.2, 0.25) is 0 Å². The van der Waals surface area contributed by atoms with Gasteiger partial charge in [-0.15, -0.1) is 11.3 Å². The van der Waals surface area contributed by atoms with Crippen molar-refractivity contribution in [3.8, 4) is 11.1 Å². The Balaban J connectivity index is 1.58. The van der Waals surface area contributed by atoms with Crippen molar-refractivity contribution in [1.82, 2.24) is 14.9 Å². The average molecular weight is 414 g/mol. The van der Waals surface area contributed by atoms with Crippen LogP contribution in [0, 0.1) is 19.8 Å². The van der Waals surface area contributed by atoms with E-state index in [4.69, 9.17) is 10.1 Å². The Hall–Kier alpha value is -2.06. The van der Waals surface area contributed by atoms with E-state index in [9.17, 15) is 9.90 Å². The SMILES string of the molecule is Cc1ccc(-c2c(C)sc3nc(CN4CCC(C(O)CO)CC4)[nH]c(=O)c23)cc1. The number of piperidine rings is 1. The third-order valence-electron chi connectivity index (χ3n) is 5.86. The highest BCUT2D eigenvalue weighted by atomic mass is 32.1. The van der Waals surface area contributed by atoms with Gasteiger partial charge in [-0.25, -0.2) is 4.98 Å². The van der Waals surface area contributed by atoms with Crippen LogP contribution in [0.5, 0.6) is 0 Å². The zero-order valence-corrected chi connectivity index (χ0v) is 17.6. The first-order chi connectivity index (χ1) is 14.0. The summed E-state index contributed by atoms with van der Waals surface area (Å²) in [6.07, 6.45) is 1.04. The molecule has 1 unspecified atom stereocenters. The van der Waals surface area contributed by atoms with Gasteiger partial charge in [0.15, 0.2) is 0 Å². The van der Waals surface area contributed by atoms with Crippen LogP contribution in [0.3, 0.4) is 0 Å². The number of nitrogens with one attached hydrogen (secondary N) is 1. The van der Waals surface area contributed by atoms with Crippen LogP contribution in [-0.2, 0) is 6.54 Å². The summed E-state index contributed by atoms with van der Waals surface area (Å²) in [4.78, 5) is 24.8. The normalized spacial score (nSPS) is 17.1. The van der Waals surface area contributed by atoms with Gasteiger partial charge in [0.2, 0.25) is 0 Å². The van der Waals surface area contributed by atoms with Crippen LogP contribution in [0.15, 0.2) is 29.1 Å². The van der Waals surface area contributed by atoms with Gasteiger partial charge in [-0.3, -0.25) is 9.69 Å². The second-order valence-electron chi connectivity index (χ2n) is 7.96. The first-order valence-corrected chi connectivity index (χ1v) is 10.9. The molecule has 7 heteroatoms. The van der Waals surface area contributed by atoms with Crippen molar-refractivity contribution >= 4 is 21.6 Å². The monoisotopic (exact) mass is 413 g/mol. The first kappa shape index (κ1) is 20.2. The summed E-state index contributed by atoms with van der Waals surface area (Å²) < 4.78 is 0. The number of H-pyrrole nitrogens is 1. The Morgan fingerprint density at radius 2 is 1.93 bits per heavy atom. The molecule has 1 aliphatic rings. The van der Waals surface area contributed by atoms with Gasteiger partial charge in [-0.1, -0.05) is 29.8 Å². The summed E-state index contributed by atoms with van der Waals surface area (Å²) in [5, 5.41) is 19.6. The van der Waals surface area contributed by atoms with E-state index < -0.39 is 6.10 Å². The molecule has 3 N–H and O–H groups in total. The zero-order valence-electron chi connectivity index (χ0n) is 16.8. The topological polar surface area (TPSA) is 89.4 Å². The number of aliphatic hydroxyl groups excluding tert-OH is 2. The van der Waals surface area contributed by atoms with Crippen LogP contribution in [-0.4, -0.2) is 50.9 Å². The smallest absolute Gasteiger partial charge is 0.260 e. The summed E-state index contributed by atoms with van der Waals surface area (Å²) >= 11 is 1.56. The van der Waals surface area contributed by atoms with Gasteiger partial charge >= 0.3 is 0 Å². The lowest BCUT2D eigenvalue weighted by Gasteiger charge is -2.33. The Bertz CT molecular complexity index is 1050. The maximum atomic E-state index is 12.9. The molecule has 0 aliphatic carbocycles. The molecule has 2 aromatic heterocycles. The highest BCUT2D eigenvalue weighted by Gasteiger charge is 2.25. The summed E-state index contributed by atoms with van der Waals surface area (Å²) in [7, 11) is 0. The van der Waals surface area contributed by atoms with E-state index >= 15 is 0 Å². The largest absolute Gasteiger partial charge is 0.394 e. The van der Waals surface area contributed by atoms with Crippen molar-refractivity contribution in [2.75, 3.05) is 19.7 Å². The molecule has 0 saturated carbocycles. The van der Waals surface area contributed by atoms with Crippen LogP contribution in [0.25, 0.3) is 21.3 Å². The molecule has 0 spiro atoms. The molecule has 6 nitrogen and oxygen atoms in total. The third kappa shape index (κ3) is 4.14. The number of hydrogen-bond donors (Lipinski definition) is 3. The van der Waals surface area contributed by atoms with Crippen LogP contribution < -0.4 is 5.56 Å². The molecule has 4 rings (SSSR count). The van der Waals surface area contributed by atoms with Crippen molar-refractivity contribution in [3.05, 3.63) is 50.9 Å². The number of thiophene rings is 1. The number of benzene rings is 1. The molecule has 1 saturated heterocycles. The molecule has 1 atom stereocenters. The van der Waals surface area contributed by atoms with Gasteiger partial charge in [0.25, 0.3) is 5.56 Å². The number of aryl methyl sites for hydroxylation is 2. The van der Waals surface area contributed by atoms with Gasteiger partial charge < -0.3 is 15.2 Å². The summed E-state index contributed by atoms with van der Waals surface area (Å²) in [5.74, 6) is 0.822. The minimum absolute atomic E-state index is 0.0875. The lowest BCUT2D eigenvalue weighted by molar-refractivity contribution is 0.0168. The van der Waals surface area contributed by atoms with Crippen molar-refractivity contribution in [2.24, 2.45) is 5.92 Å². The van der Waals surface area contributed by atoms with Crippen LogP contribution >= 0.6 is 11.3 Å². The third-order valence-corrected chi connectivity index (χ3v) is 6.86. The van der Waals surface area contributed by atoms with Crippen LogP contribution in [0.1, 0.15) is 29.1 Å². The first-order valence-electron chi connectivity index (χ1n) is 10.1. The van der Waals surface area contributed by atoms with E-state index in [1.54, 1.807) is 11.3 Å². The van der Waals surface area contributed by atoms with E-state index in [0.29, 0.717) is 17.8 Å². The van der Waals surface area contributed by atoms with Gasteiger partial charge in [-0.2, -0.15) is 0 Å². The Labute approximate surface area is 173 Å². The fourth-order valence-corrected chi connectivity index (χ4v) is 5.23. The summed E-state index contributed by atoms with van der Waals surface area (Å²) in [6.45, 7) is 6.14. The van der Waals surface area contributed by atoms with Crippen molar-refractivity contribution in [3.63, 3.8) is 0 Å². The summed E-state index contributed by atoms with van der Waals surface area (Å²) in [5.41, 5.74) is 3.12. The van der Waals surface area contributed by atoms with Gasteiger partial charge in [0.05, 0.1) is 24.6 Å². The highest BCUT2D eigenvalue weighted by Crippen LogP contribution is 2.35. The number of aromatic nitrogens is 2. The van der Waals surface area contributed by atoms with E-state index in [2.05, 4.69) is 41.1 Å². The molecule has 1 aliphatic heterocycles. The van der Waals surface area contributed by atoms with E-state index in [1.807, 2.05) is 6.92 Å². The molecule has 3 heterocycles. The molecule has 0 radical (unpaired) electrons. The molecular formula is C22H27N3O3S. The number of hydrogen-bond acceptors (Lipinski definition) is 6. The predicted molar refractivity (Wildman–Crippen MR) is 116 cm³/mol. The van der Waals surface area contributed by atoms with Gasteiger partial charge in [0.1, 0.15) is 10.7 Å². The molecule has 29 heavy (non-hydrogen) atoms. The standard InChI is InChI=1S/C22H27N3O3S/c1-13-3-5-16(6-4-13)19-14(2)29-22-20(19)21(28)23-18(24-22)11-25-9-7-15(8-10-25)17(27)12-26/h3-6,15,17,26-27H,7-12H2,1-2H3,(H,23,24,28). The maximum absolute atomic E-state index is 12.9. The van der Waals surface area contributed by atoms with Crippen LogP contribution in [0.4, 0.5) is 0 Å². The molecule has 1 fully saturated rings. The molecule has 1 aromatic carbocycles. The van der Waals surface area contributed by atoms with Gasteiger partial charge in [-0.05, 0) is 51.3 Å². The quantitative estimate of drug-likeness (QED) is 0.599. The Morgan fingerprint density at radius 1 is 1.24 bits per heavy atom. The number of rotatable bonds is 5. The minimum Gasteiger partial charge on any atom is -0.394 e. The molecule has 0 amide bonds. The van der Waals surface area contributed by atoms with E-state index in [0.717, 1.165) is 46.8 Å². The second kappa shape index (κ2) is 8.36. The average Bonchev–Trinajstić information content (AvgIpc) is 3.05. The number of fused-ring (bicyclic) bond motifs is 1. The lowest BCUT2D eigenvalue weighted by atomic mass is 9.91. The fourth-order valence-electron chi connectivity index (χ4n) is 4.16. The number of nitrogens with zero attached hydrogens (tertiary/aromatic N) is 2. The second-order valence-corrected chi connectivity index (χ2v) is 9.16. The minimum atomic E-state index is -0.638. The molecule has 0 bridgehead atoms. The fraction of sp³-hybridized carbons (Fsp3) is 0.455. The molecular weight excluding hydrogens is 386 g/mol. The van der Waals surface area contributed by atoms with E-state index in [1.165, 1.54) is 5.56 Å². The van der Waals surface area contributed by atoms with Crippen molar-refractivity contribution in [2.45, 2.75) is 39.3 Å². The molecule has 154 valence electrons. The Morgan fingerprint density at radius 3 is 2.59 bits per heavy atom. The lowest BCUT2D eigenvalue weighted by Crippen LogP contribution is -2.39. The zero-order chi connectivity index (χ0) is 20.5. The summed E-state index contributed by atoms with van der Waals surface area (Å²) in [6, 6.07) is 8.24. The van der Waals surface area contributed by atoms with Crippen molar-refractivity contribution in [1.29, 1.82) is 0 Å². The number of aliphatic hydroxyl groups is 2. The van der Waals surface area contributed by atoms with Crippen molar-refractivity contribution < 1.29 is 10.2 Å². The predicted octanol–water partition coefficient (Wildman–Crippen LogP) is 2.83. The van der Waals surface area contributed by atoms with Gasteiger partial charge in [0, 0.05) is 10.4 Å². The number of likely N-dealkylation sites (tertiary alicyclic amines) is 1. The van der Waals surface area contributed by atoms with E-state index in [-0.39, 0.29) is 18.1 Å². The maximum Gasteiger partial charge on any atom is 0.260 e.